The minimum Gasteiger partial charge on any atom is -0.355 e. The zero-order valence-electron chi connectivity index (χ0n) is 8.02. The molecule has 0 aliphatic heterocycles. The van der Waals surface area contributed by atoms with Crippen molar-refractivity contribution in [3.63, 3.8) is 0 Å². The fraction of sp³-hybridized carbons (Fsp3) is 0.167. The number of nitrogens with one attached hydrogen (secondary N) is 1. The summed E-state index contributed by atoms with van der Waals surface area (Å²) in [5.41, 5.74) is 4.89. The Morgan fingerprint density at radius 2 is 2.08 bits per heavy atom. The maximum Gasteiger partial charge on any atom is 0.0464 e. The lowest BCUT2D eigenvalue weighted by Crippen LogP contribution is -1.72. The molecule has 0 unspecified atom stereocenters. The molecule has 13 heavy (non-hydrogen) atoms. The van der Waals surface area contributed by atoms with Crippen LogP contribution in [0.25, 0.3) is 17.0 Å². The maximum atomic E-state index is 3.78. The van der Waals surface area contributed by atoms with Gasteiger partial charge in [-0.15, -0.1) is 0 Å². The molecule has 0 spiro atoms. The Hall–Kier alpha value is -1.50. The van der Waals surface area contributed by atoms with E-state index in [1.807, 2.05) is 6.08 Å². The van der Waals surface area contributed by atoms with Gasteiger partial charge in [0.15, 0.2) is 0 Å². The molecule has 0 saturated carbocycles. The van der Waals surface area contributed by atoms with Gasteiger partial charge in [0, 0.05) is 16.6 Å². The first-order valence-corrected chi connectivity index (χ1v) is 4.43. The molecule has 2 aromatic rings. The lowest BCUT2D eigenvalue weighted by molar-refractivity contribution is 1.37. The van der Waals surface area contributed by atoms with E-state index in [1.54, 1.807) is 0 Å². The Bertz CT molecular complexity index is 463. The first-order chi connectivity index (χ1) is 6.22. The highest BCUT2D eigenvalue weighted by molar-refractivity contribution is 5.87. The van der Waals surface area contributed by atoms with Crippen LogP contribution in [0.2, 0.25) is 0 Å². The van der Waals surface area contributed by atoms with E-state index in [1.165, 1.54) is 22.0 Å². The van der Waals surface area contributed by atoms with E-state index in [9.17, 15) is 0 Å². The topological polar surface area (TPSA) is 15.8 Å². The van der Waals surface area contributed by atoms with E-state index < -0.39 is 0 Å². The summed E-state index contributed by atoms with van der Waals surface area (Å²) in [5, 5.41) is 1.29. The predicted molar refractivity (Wildman–Crippen MR) is 57.9 cm³/mol. The minimum absolute atomic E-state index is 1.13. The van der Waals surface area contributed by atoms with Crippen LogP contribution < -0.4 is 0 Å². The number of fused-ring (bicyclic) bond motifs is 1. The van der Waals surface area contributed by atoms with E-state index >= 15 is 0 Å². The van der Waals surface area contributed by atoms with E-state index in [0.717, 1.165) is 5.69 Å². The van der Waals surface area contributed by atoms with Crippen molar-refractivity contribution in [1.82, 2.24) is 4.98 Å². The Morgan fingerprint density at radius 1 is 1.31 bits per heavy atom. The molecule has 0 aliphatic carbocycles. The van der Waals surface area contributed by atoms with Gasteiger partial charge in [-0.25, -0.2) is 0 Å². The van der Waals surface area contributed by atoms with Crippen LogP contribution in [0, 0.1) is 13.8 Å². The van der Waals surface area contributed by atoms with Crippen LogP contribution in [-0.4, -0.2) is 4.98 Å². The molecule has 0 saturated heterocycles. The van der Waals surface area contributed by atoms with Crippen LogP contribution in [-0.2, 0) is 0 Å². The molecule has 0 bridgehead atoms. The van der Waals surface area contributed by atoms with Crippen LogP contribution in [0.4, 0.5) is 0 Å². The molecule has 0 aliphatic rings. The molecule has 1 aromatic heterocycles. The molecular formula is C12H13N. The highest BCUT2D eigenvalue weighted by atomic mass is 14.7. The lowest BCUT2D eigenvalue weighted by Gasteiger charge is -1.92. The summed E-state index contributed by atoms with van der Waals surface area (Å²) in [6.07, 6.45) is 1.87. The first kappa shape index (κ1) is 8.11. The van der Waals surface area contributed by atoms with Crippen LogP contribution >= 0.6 is 0 Å². The second kappa shape index (κ2) is 2.77. The maximum absolute atomic E-state index is 3.78. The predicted octanol–water partition coefficient (Wildman–Crippen LogP) is 3.43. The van der Waals surface area contributed by atoms with Gasteiger partial charge in [0.05, 0.1) is 0 Å². The molecule has 1 heterocycles. The van der Waals surface area contributed by atoms with Crippen LogP contribution in [0.3, 0.4) is 0 Å². The average Bonchev–Trinajstić information content (AvgIpc) is 2.42. The summed E-state index contributed by atoms with van der Waals surface area (Å²) in [4.78, 5) is 3.34. The van der Waals surface area contributed by atoms with Gasteiger partial charge in [0.25, 0.3) is 0 Å². The first-order valence-electron chi connectivity index (χ1n) is 4.43. The molecule has 0 fully saturated rings. The molecule has 0 atom stereocenters. The molecule has 1 N–H and O–H groups in total. The monoisotopic (exact) mass is 171 g/mol. The summed E-state index contributed by atoms with van der Waals surface area (Å²) in [7, 11) is 0. The van der Waals surface area contributed by atoms with Crippen molar-refractivity contribution in [2.24, 2.45) is 0 Å². The largest absolute Gasteiger partial charge is 0.355 e. The SMILES string of the molecule is C=Cc1[nH]c2cc(C)ccc2c1C. The van der Waals surface area contributed by atoms with E-state index in [2.05, 4.69) is 43.6 Å². The fourth-order valence-corrected chi connectivity index (χ4v) is 1.68. The van der Waals surface area contributed by atoms with E-state index in [4.69, 9.17) is 0 Å². The molecule has 0 amide bonds. The zero-order chi connectivity index (χ0) is 9.42. The van der Waals surface area contributed by atoms with Gasteiger partial charge in [0.1, 0.15) is 0 Å². The van der Waals surface area contributed by atoms with Crippen molar-refractivity contribution in [3.05, 3.63) is 41.6 Å². The Labute approximate surface area is 78.1 Å². The van der Waals surface area contributed by atoms with Gasteiger partial charge >= 0.3 is 0 Å². The number of aromatic amines is 1. The molecule has 1 aromatic carbocycles. The normalized spacial score (nSPS) is 10.6. The molecule has 0 radical (unpaired) electrons. The summed E-state index contributed by atoms with van der Waals surface area (Å²) < 4.78 is 0. The van der Waals surface area contributed by atoms with E-state index in [0.29, 0.717) is 0 Å². The smallest absolute Gasteiger partial charge is 0.0464 e. The van der Waals surface area contributed by atoms with Crippen LogP contribution in [0.5, 0.6) is 0 Å². The number of aryl methyl sites for hydroxylation is 2. The number of hydrogen-bond donors (Lipinski definition) is 1. The fourth-order valence-electron chi connectivity index (χ4n) is 1.68. The second-order valence-corrected chi connectivity index (χ2v) is 3.42. The van der Waals surface area contributed by atoms with Crippen molar-refractivity contribution >= 4 is 17.0 Å². The average molecular weight is 171 g/mol. The molecule has 2 rings (SSSR count). The number of aromatic nitrogens is 1. The third-order valence-electron chi connectivity index (χ3n) is 2.46. The quantitative estimate of drug-likeness (QED) is 0.676. The highest BCUT2D eigenvalue weighted by Crippen LogP contribution is 2.22. The molecule has 1 heteroatoms. The highest BCUT2D eigenvalue weighted by Gasteiger charge is 2.03. The van der Waals surface area contributed by atoms with Crippen molar-refractivity contribution in [3.8, 4) is 0 Å². The number of rotatable bonds is 1. The molecule has 66 valence electrons. The third kappa shape index (κ3) is 1.17. The van der Waals surface area contributed by atoms with Gasteiger partial charge < -0.3 is 4.98 Å². The summed E-state index contributed by atoms with van der Waals surface area (Å²) in [6, 6.07) is 6.45. The van der Waals surface area contributed by atoms with Gasteiger partial charge in [0.2, 0.25) is 0 Å². The van der Waals surface area contributed by atoms with Crippen molar-refractivity contribution in [2.45, 2.75) is 13.8 Å². The van der Waals surface area contributed by atoms with Gasteiger partial charge in [-0.1, -0.05) is 18.7 Å². The number of hydrogen-bond acceptors (Lipinski definition) is 0. The Balaban J connectivity index is 2.83. The standard InChI is InChI=1S/C12H13N/c1-4-11-9(3)10-6-5-8(2)7-12(10)13-11/h4-7,13H,1H2,2-3H3. The Kier molecular flexibility index (Phi) is 1.73. The molecular weight excluding hydrogens is 158 g/mol. The van der Waals surface area contributed by atoms with Crippen molar-refractivity contribution in [1.29, 1.82) is 0 Å². The molecule has 1 nitrogen and oxygen atoms in total. The summed E-state index contributed by atoms with van der Waals surface area (Å²) >= 11 is 0. The number of H-pyrrole nitrogens is 1. The van der Waals surface area contributed by atoms with Gasteiger partial charge in [-0.05, 0) is 37.1 Å². The van der Waals surface area contributed by atoms with E-state index in [-0.39, 0.29) is 0 Å². The number of benzene rings is 1. The van der Waals surface area contributed by atoms with Crippen molar-refractivity contribution in [2.75, 3.05) is 0 Å². The second-order valence-electron chi connectivity index (χ2n) is 3.42. The summed E-state index contributed by atoms with van der Waals surface area (Å²) in [6.45, 7) is 7.99. The van der Waals surface area contributed by atoms with Crippen LogP contribution in [0.15, 0.2) is 24.8 Å². The minimum atomic E-state index is 1.13. The van der Waals surface area contributed by atoms with Crippen LogP contribution in [0.1, 0.15) is 16.8 Å². The zero-order valence-corrected chi connectivity index (χ0v) is 8.02. The van der Waals surface area contributed by atoms with Gasteiger partial charge in [-0.3, -0.25) is 0 Å². The summed E-state index contributed by atoms with van der Waals surface area (Å²) in [5.74, 6) is 0. The lowest BCUT2D eigenvalue weighted by atomic mass is 10.1. The van der Waals surface area contributed by atoms with Gasteiger partial charge in [-0.2, -0.15) is 0 Å². The van der Waals surface area contributed by atoms with Crippen molar-refractivity contribution < 1.29 is 0 Å². The Morgan fingerprint density at radius 3 is 2.77 bits per heavy atom. The third-order valence-corrected chi connectivity index (χ3v) is 2.46.